The first-order chi connectivity index (χ1) is 13.1. The Hall–Kier alpha value is -2.69. The van der Waals surface area contributed by atoms with Gasteiger partial charge in [-0.25, -0.2) is 0 Å². The highest BCUT2D eigenvalue weighted by Gasteiger charge is 2.14. The molecule has 3 aromatic rings. The minimum Gasteiger partial charge on any atom is -0.497 e. The summed E-state index contributed by atoms with van der Waals surface area (Å²) in [6.07, 6.45) is 7.55. The Bertz CT molecular complexity index is 1110. The average Bonchev–Trinajstić information content (AvgIpc) is 3.03. The van der Waals surface area contributed by atoms with Crippen molar-refractivity contribution in [2.45, 2.75) is 11.4 Å². The molecular weight excluding hydrogens is 380 g/mol. The summed E-state index contributed by atoms with van der Waals surface area (Å²) in [6, 6.07) is 11.2. The van der Waals surface area contributed by atoms with Gasteiger partial charge >= 0.3 is 0 Å². The van der Waals surface area contributed by atoms with Gasteiger partial charge in [-0.15, -0.1) is 18.2 Å². The first kappa shape index (κ1) is 19.1. The fourth-order valence-corrected chi connectivity index (χ4v) is 4.22. The van der Waals surface area contributed by atoms with E-state index in [1.165, 1.54) is 18.4 Å². The summed E-state index contributed by atoms with van der Waals surface area (Å²) in [4.78, 5) is 18.9. The summed E-state index contributed by atoms with van der Waals surface area (Å²) >= 11 is 3.10. The number of ether oxygens (including phenoxy) is 2. The second kappa shape index (κ2) is 8.33. The molecule has 0 aliphatic heterocycles. The summed E-state index contributed by atoms with van der Waals surface area (Å²) < 4.78 is 13.4. The van der Waals surface area contributed by atoms with E-state index in [0.29, 0.717) is 28.4 Å². The maximum atomic E-state index is 12.9. The average molecular weight is 399 g/mol. The van der Waals surface area contributed by atoms with Crippen molar-refractivity contribution in [3.8, 4) is 23.8 Å². The molecule has 0 spiro atoms. The molecule has 0 fully saturated rings. The molecule has 0 unspecified atom stereocenters. The lowest BCUT2D eigenvalue weighted by atomic mass is 10.2. The van der Waals surface area contributed by atoms with Crippen LogP contribution in [0.1, 0.15) is 10.4 Å². The van der Waals surface area contributed by atoms with Crippen LogP contribution in [0, 0.1) is 12.3 Å². The second-order valence-electron chi connectivity index (χ2n) is 5.49. The third-order valence-electron chi connectivity index (χ3n) is 3.97. The molecule has 0 aliphatic rings. The zero-order chi connectivity index (χ0) is 19.4. The van der Waals surface area contributed by atoms with Crippen molar-refractivity contribution in [3.05, 3.63) is 46.8 Å². The molecule has 0 radical (unpaired) electrons. The first-order valence-electron chi connectivity index (χ1n) is 8.03. The molecule has 1 aromatic heterocycles. The Morgan fingerprint density at radius 2 is 2.07 bits per heavy atom. The molecule has 27 heavy (non-hydrogen) atoms. The van der Waals surface area contributed by atoms with E-state index in [4.69, 9.17) is 15.9 Å². The molecule has 0 atom stereocenters. The van der Waals surface area contributed by atoms with Gasteiger partial charge < -0.3 is 14.0 Å². The summed E-state index contributed by atoms with van der Waals surface area (Å²) in [6.45, 7) is 0.333. The fraction of sp³-hybridized carbons (Fsp3) is 0.200. The van der Waals surface area contributed by atoms with Gasteiger partial charge in [0.25, 0.3) is 5.91 Å². The molecule has 0 bridgehead atoms. The van der Waals surface area contributed by atoms with E-state index in [2.05, 4.69) is 17.0 Å². The van der Waals surface area contributed by atoms with Crippen molar-refractivity contribution >= 4 is 39.2 Å². The number of thioether (sulfide) groups is 1. The van der Waals surface area contributed by atoms with Crippen molar-refractivity contribution in [2.75, 3.05) is 20.5 Å². The van der Waals surface area contributed by atoms with Crippen LogP contribution in [-0.4, -0.2) is 30.9 Å². The van der Waals surface area contributed by atoms with Crippen LogP contribution in [0.2, 0.25) is 0 Å². The number of aromatic nitrogens is 1. The summed E-state index contributed by atoms with van der Waals surface area (Å²) in [7, 11) is 3.06. The summed E-state index contributed by atoms with van der Waals surface area (Å²) in [5.74, 6) is 3.23. The maximum Gasteiger partial charge on any atom is 0.283 e. The quantitative estimate of drug-likeness (QED) is 0.484. The van der Waals surface area contributed by atoms with Crippen LogP contribution < -0.4 is 14.3 Å². The number of methoxy groups -OCH3 is 2. The van der Waals surface area contributed by atoms with E-state index in [-0.39, 0.29) is 0 Å². The van der Waals surface area contributed by atoms with E-state index < -0.39 is 5.91 Å². The topological polar surface area (TPSA) is 52.8 Å². The number of rotatable bonds is 5. The lowest BCUT2D eigenvalue weighted by molar-refractivity contribution is 0.0994. The van der Waals surface area contributed by atoms with Crippen molar-refractivity contribution in [1.82, 2.24) is 4.57 Å². The number of carbonyl (C=O) groups is 1. The Kier molecular flexibility index (Phi) is 5.89. The Labute approximate surface area is 165 Å². The number of terminal acetylenes is 1. The molecule has 3 rings (SSSR count). The number of benzene rings is 2. The van der Waals surface area contributed by atoms with E-state index in [1.54, 1.807) is 37.1 Å². The molecule has 0 saturated heterocycles. The van der Waals surface area contributed by atoms with Gasteiger partial charge in [-0.3, -0.25) is 4.79 Å². The lowest BCUT2D eigenvalue weighted by Crippen LogP contribution is -2.16. The molecule has 138 valence electrons. The molecule has 0 aliphatic carbocycles. The van der Waals surface area contributed by atoms with Crippen LogP contribution in [0.3, 0.4) is 0 Å². The molecule has 2 aromatic carbocycles. The van der Waals surface area contributed by atoms with Gasteiger partial charge in [0, 0.05) is 4.90 Å². The lowest BCUT2D eigenvalue weighted by Gasteiger charge is -2.07. The smallest absolute Gasteiger partial charge is 0.283 e. The third-order valence-corrected chi connectivity index (χ3v) is 5.74. The molecule has 5 nitrogen and oxygen atoms in total. The van der Waals surface area contributed by atoms with Gasteiger partial charge in [-0.05, 0) is 42.7 Å². The second-order valence-corrected chi connectivity index (χ2v) is 7.38. The highest BCUT2D eigenvalue weighted by Crippen LogP contribution is 2.26. The van der Waals surface area contributed by atoms with Crippen LogP contribution in [-0.2, 0) is 6.54 Å². The maximum absolute atomic E-state index is 12.9. The van der Waals surface area contributed by atoms with Gasteiger partial charge in [0.05, 0.1) is 36.5 Å². The van der Waals surface area contributed by atoms with Crippen LogP contribution >= 0.6 is 23.1 Å². The van der Waals surface area contributed by atoms with E-state index >= 15 is 0 Å². The summed E-state index contributed by atoms with van der Waals surface area (Å²) in [5, 5.41) is 0. The molecule has 0 N–H and O–H groups in total. The van der Waals surface area contributed by atoms with Crippen molar-refractivity contribution < 1.29 is 14.3 Å². The highest BCUT2D eigenvalue weighted by molar-refractivity contribution is 7.98. The minimum atomic E-state index is -0.409. The number of amides is 1. The zero-order valence-corrected chi connectivity index (χ0v) is 16.8. The number of carbonyl (C=O) groups excluding carboxylic acids is 1. The molecule has 0 saturated carbocycles. The van der Waals surface area contributed by atoms with Crippen LogP contribution in [0.25, 0.3) is 10.2 Å². The molecule has 1 amide bonds. The fourth-order valence-electron chi connectivity index (χ4n) is 2.64. The zero-order valence-electron chi connectivity index (χ0n) is 15.2. The van der Waals surface area contributed by atoms with Gasteiger partial charge in [0.2, 0.25) is 0 Å². The SMILES string of the molecule is C#CCn1c(=NC(=O)c2cc(OC)ccc2OC)sc2cc(SC)ccc21. The van der Waals surface area contributed by atoms with Crippen molar-refractivity contribution in [2.24, 2.45) is 4.99 Å². The number of fused-ring (bicyclic) bond motifs is 1. The van der Waals surface area contributed by atoms with Crippen molar-refractivity contribution in [3.63, 3.8) is 0 Å². The molecular formula is C20H18N2O3S2. The Morgan fingerprint density at radius 1 is 1.26 bits per heavy atom. The number of hydrogen-bond acceptors (Lipinski definition) is 5. The minimum absolute atomic E-state index is 0.333. The van der Waals surface area contributed by atoms with E-state index in [9.17, 15) is 4.79 Å². The normalized spacial score (nSPS) is 11.4. The summed E-state index contributed by atoms with van der Waals surface area (Å²) in [5.41, 5.74) is 1.30. The Balaban J connectivity index is 2.16. The van der Waals surface area contributed by atoms with Gasteiger partial charge in [-0.1, -0.05) is 17.3 Å². The predicted molar refractivity (Wildman–Crippen MR) is 110 cm³/mol. The van der Waals surface area contributed by atoms with Crippen LogP contribution in [0.15, 0.2) is 46.3 Å². The predicted octanol–water partition coefficient (Wildman–Crippen LogP) is 3.82. The number of hydrogen-bond donors (Lipinski definition) is 0. The van der Waals surface area contributed by atoms with Gasteiger partial charge in [0.1, 0.15) is 11.5 Å². The Morgan fingerprint density at radius 3 is 2.74 bits per heavy atom. The molecule has 1 heterocycles. The van der Waals surface area contributed by atoms with Gasteiger partial charge in [-0.2, -0.15) is 4.99 Å². The van der Waals surface area contributed by atoms with E-state index in [1.807, 2.05) is 23.0 Å². The van der Waals surface area contributed by atoms with Crippen molar-refractivity contribution in [1.29, 1.82) is 0 Å². The monoisotopic (exact) mass is 398 g/mol. The number of thiazole rings is 1. The largest absolute Gasteiger partial charge is 0.497 e. The van der Waals surface area contributed by atoms with Crippen LogP contribution in [0.4, 0.5) is 0 Å². The van der Waals surface area contributed by atoms with E-state index in [0.717, 1.165) is 15.1 Å². The molecule has 7 heteroatoms. The van der Waals surface area contributed by atoms with Gasteiger partial charge in [0.15, 0.2) is 4.80 Å². The highest BCUT2D eigenvalue weighted by atomic mass is 32.2. The van der Waals surface area contributed by atoms with Crippen LogP contribution in [0.5, 0.6) is 11.5 Å². The number of nitrogens with zero attached hydrogens (tertiary/aromatic N) is 2. The first-order valence-corrected chi connectivity index (χ1v) is 10.1. The third kappa shape index (κ3) is 3.87. The standard InChI is InChI=1S/C20H18N2O3S2/c1-5-10-22-16-8-7-14(26-4)12-18(16)27-20(22)21-19(23)15-11-13(24-2)6-9-17(15)25-3/h1,6-9,11-12H,10H2,2-4H3.